The molecule has 0 fully saturated rings. The van der Waals surface area contributed by atoms with Crippen molar-refractivity contribution in [3.05, 3.63) is 95.8 Å². The number of benzene rings is 3. The van der Waals surface area contributed by atoms with E-state index >= 15 is 0 Å². The number of nitrogens with zero attached hydrogens (tertiary/aromatic N) is 1. The molecule has 3 N–H and O–H groups in total. The molecule has 0 bridgehead atoms. The number of nitrogens with one attached hydrogen (secondary N) is 3. The van der Waals surface area contributed by atoms with Gasteiger partial charge in [0.1, 0.15) is 11.6 Å². The largest absolute Gasteiger partial charge is 0.496 e. The summed E-state index contributed by atoms with van der Waals surface area (Å²) in [6.07, 6.45) is 3.49. The van der Waals surface area contributed by atoms with E-state index in [1.807, 2.05) is 0 Å². The summed E-state index contributed by atoms with van der Waals surface area (Å²) in [5.74, 6) is -0.709. The van der Waals surface area contributed by atoms with Crippen LogP contribution in [-0.2, 0) is 16.0 Å². The Balaban J connectivity index is 1.64. The standard InChI is InChI=1S/C30H31FN4O6/c1-4-8-21-15-20(17-33-35-27(36)18-32-30(38)24-9-6-7-10-25(24)39-3)16-26(40-5-2)29(21)41-19-28(37)34-23-13-11-22(31)12-14-23/h4,6-7,9-17H,1,5,8,18-19H2,2-3H3,(H,32,38)(H,34,37)(H,35,36). The van der Waals surface area contributed by atoms with Gasteiger partial charge in [0, 0.05) is 11.3 Å². The van der Waals surface area contributed by atoms with Crippen LogP contribution in [-0.4, -0.2) is 50.8 Å². The van der Waals surface area contributed by atoms with Crippen LogP contribution in [0.15, 0.2) is 78.4 Å². The van der Waals surface area contributed by atoms with E-state index in [1.54, 1.807) is 49.4 Å². The third-order valence-electron chi connectivity index (χ3n) is 5.46. The molecular formula is C30H31FN4O6. The highest BCUT2D eigenvalue weighted by Gasteiger charge is 2.16. The maximum Gasteiger partial charge on any atom is 0.262 e. The van der Waals surface area contributed by atoms with Gasteiger partial charge in [-0.25, -0.2) is 9.82 Å². The highest BCUT2D eigenvalue weighted by molar-refractivity contribution is 5.98. The third kappa shape index (κ3) is 9.20. The normalized spacial score (nSPS) is 10.5. The minimum absolute atomic E-state index is 0.299. The predicted molar refractivity (Wildman–Crippen MR) is 153 cm³/mol. The van der Waals surface area contributed by atoms with Crippen molar-refractivity contribution in [2.45, 2.75) is 13.3 Å². The molecular weight excluding hydrogens is 531 g/mol. The second kappa shape index (κ2) is 15.4. The maximum absolute atomic E-state index is 13.1. The molecule has 3 amide bonds. The van der Waals surface area contributed by atoms with Gasteiger partial charge in [-0.05, 0) is 67.4 Å². The van der Waals surface area contributed by atoms with E-state index in [0.29, 0.717) is 52.7 Å². The van der Waals surface area contributed by atoms with Crippen LogP contribution in [0.25, 0.3) is 0 Å². The van der Waals surface area contributed by atoms with Crippen molar-refractivity contribution in [2.24, 2.45) is 5.10 Å². The van der Waals surface area contributed by atoms with Gasteiger partial charge < -0.3 is 24.8 Å². The fourth-order valence-electron chi connectivity index (χ4n) is 3.67. The summed E-state index contributed by atoms with van der Waals surface area (Å²) in [4.78, 5) is 37.0. The summed E-state index contributed by atoms with van der Waals surface area (Å²) in [7, 11) is 1.45. The molecule has 0 aliphatic carbocycles. The Hall–Kier alpha value is -5.19. The van der Waals surface area contributed by atoms with Crippen molar-refractivity contribution >= 4 is 29.6 Å². The summed E-state index contributed by atoms with van der Waals surface area (Å²) in [5.41, 5.74) is 4.37. The molecule has 11 heteroatoms. The average molecular weight is 563 g/mol. The van der Waals surface area contributed by atoms with Gasteiger partial charge in [0.2, 0.25) is 0 Å². The molecule has 0 atom stereocenters. The number of amides is 3. The van der Waals surface area contributed by atoms with Crippen LogP contribution in [0.1, 0.15) is 28.4 Å². The Morgan fingerprint density at radius 1 is 1.00 bits per heavy atom. The third-order valence-corrected chi connectivity index (χ3v) is 5.46. The van der Waals surface area contributed by atoms with Crippen molar-refractivity contribution < 1.29 is 33.0 Å². The summed E-state index contributed by atoms with van der Waals surface area (Å²) in [5, 5.41) is 9.13. The van der Waals surface area contributed by atoms with Gasteiger partial charge in [0.15, 0.2) is 18.1 Å². The first kappa shape index (κ1) is 30.4. The summed E-state index contributed by atoms with van der Waals surface area (Å²) in [6.45, 7) is 5.29. The Kier molecular flexibility index (Phi) is 11.4. The van der Waals surface area contributed by atoms with Crippen molar-refractivity contribution in [2.75, 3.05) is 32.2 Å². The van der Waals surface area contributed by atoms with Gasteiger partial charge in [-0.1, -0.05) is 18.2 Å². The lowest BCUT2D eigenvalue weighted by Crippen LogP contribution is -2.35. The number of hydrogen-bond acceptors (Lipinski definition) is 7. The summed E-state index contributed by atoms with van der Waals surface area (Å²) < 4.78 is 29.8. The number of rotatable bonds is 14. The first-order valence-electron chi connectivity index (χ1n) is 12.7. The summed E-state index contributed by atoms with van der Waals surface area (Å²) in [6, 6.07) is 15.5. The van der Waals surface area contributed by atoms with Crippen molar-refractivity contribution in [3.8, 4) is 17.2 Å². The first-order chi connectivity index (χ1) is 19.8. The lowest BCUT2D eigenvalue weighted by molar-refractivity contribution is -0.120. The SMILES string of the molecule is C=CCc1cc(C=NNC(=O)CNC(=O)c2ccccc2OC)cc(OCC)c1OCC(=O)Nc1ccc(F)cc1. The van der Waals surface area contributed by atoms with Crippen LogP contribution in [0, 0.1) is 5.82 Å². The second-order valence-electron chi connectivity index (χ2n) is 8.45. The Morgan fingerprint density at radius 3 is 2.46 bits per heavy atom. The number of hydrazone groups is 1. The number of halogens is 1. The van der Waals surface area contributed by atoms with Crippen LogP contribution in [0.4, 0.5) is 10.1 Å². The second-order valence-corrected chi connectivity index (χ2v) is 8.45. The summed E-state index contributed by atoms with van der Waals surface area (Å²) >= 11 is 0. The number of methoxy groups -OCH3 is 1. The molecule has 0 saturated heterocycles. The fourth-order valence-corrected chi connectivity index (χ4v) is 3.67. The van der Waals surface area contributed by atoms with Gasteiger partial charge in [-0.15, -0.1) is 6.58 Å². The topological polar surface area (TPSA) is 127 Å². The molecule has 0 aromatic heterocycles. The van der Waals surface area contributed by atoms with Crippen molar-refractivity contribution in [1.82, 2.24) is 10.7 Å². The van der Waals surface area contributed by atoms with Gasteiger partial charge in [0.05, 0.1) is 32.0 Å². The van der Waals surface area contributed by atoms with Crippen LogP contribution in [0.3, 0.4) is 0 Å². The lowest BCUT2D eigenvalue weighted by Gasteiger charge is -2.16. The lowest BCUT2D eigenvalue weighted by atomic mass is 10.1. The van der Waals surface area contributed by atoms with Gasteiger partial charge in [0.25, 0.3) is 17.7 Å². The zero-order valence-electron chi connectivity index (χ0n) is 22.7. The smallest absolute Gasteiger partial charge is 0.262 e. The van der Waals surface area contributed by atoms with Crippen LogP contribution < -0.4 is 30.3 Å². The fraction of sp³-hybridized carbons (Fsp3) is 0.200. The van der Waals surface area contributed by atoms with E-state index in [-0.39, 0.29) is 13.2 Å². The number of anilines is 1. The molecule has 0 aliphatic heterocycles. The molecule has 0 saturated carbocycles. The molecule has 3 aromatic rings. The van der Waals surface area contributed by atoms with Crippen LogP contribution >= 0.6 is 0 Å². The number of para-hydroxylation sites is 1. The number of ether oxygens (including phenoxy) is 3. The van der Waals surface area contributed by atoms with E-state index < -0.39 is 23.5 Å². The van der Waals surface area contributed by atoms with E-state index in [9.17, 15) is 18.8 Å². The molecule has 10 nitrogen and oxygen atoms in total. The molecule has 0 radical (unpaired) electrons. The minimum Gasteiger partial charge on any atom is -0.496 e. The number of hydrogen-bond donors (Lipinski definition) is 3. The van der Waals surface area contributed by atoms with Gasteiger partial charge in [-0.3, -0.25) is 14.4 Å². The molecule has 41 heavy (non-hydrogen) atoms. The number of allylic oxidation sites excluding steroid dienone is 1. The molecule has 0 heterocycles. The highest BCUT2D eigenvalue weighted by atomic mass is 19.1. The molecule has 3 rings (SSSR count). The maximum atomic E-state index is 13.1. The Bertz CT molecular complexity index is 1410. The van der Waals surface area contributed by atoms with E-state index in [1.165, 1.54) is 37.6 Å². The van der Waals surface area contributed by atoms with Crippen LogP contribution in [0.2, 0.25) is 0 Å². The zero-order chi connectivity index (χ0) is 29.6. The van der Waals surface area contributed by atoms with Crippen molar-refractivity contribution in [3.63, 3.8) is 0 Å². The zero-order valence-corrected chi connectivity index (χ0v) is 22.7. The quantitative estimate of drug-likeness (QED) is 0.156. The number of carbonyl (C=O) groups excluding carboxylic acids is 3. The first-order valence-corrected chi connectivity index (χ1v) is 12.7. The van der Waals surface area contributed by atoms with Crippen LogP contribution in [0.5, 0.6) is 17.2 Å². The van der Waals surface area contributed by atoms with Crippen molar-refractivity contribution in [1.29, 1.82) is 0 Å². The minimum atomic E-state index is -0.534. The molecule has 3 aromatic carbocycles. The average Bonchev–Trinajstić information content (AvgIpc) is 2.97. The molecule has 0 aliphatic rings. The van der Waals surface area contributed by atoms with E-state index in [4.69, 9.17) is 14.2 Å². The highest BCUT2D eigenvalue weighted by Crippen LogP contribution is 2.33. The van der Waals surface area contributed by atoms with Gasteiger partial charge in [-0.2, -0.15) is 5.10 Å². The Labute approximate surface area is 237 Å². The van der Waals surface area contributed by atoms with E-state index in [0.717, 1.165) is 0 Å². The monoisotopic (exact) mass is 562 g/mol. The number of carbonyl (C=O) groups is 3. The molecule has 0 spiro atoms. The molecule has 214 valence electrons. The Morgan fingerprint density at radius 2 is 1.76 bits per heavy atom. The van der Waals surface area contributed by atoms with E-state index in [2.05, 4.69) is 27.7 Å². The molecule has 0 unspecified atom stereocenters. The predicted octanol–water partition coefficient (Wildman–Crippen LogP) is 3.86. The van der Waals surface area contributed by atoms with Gasteiger partial charge >= 0.3 is 0 Å².